The van der Waals surface area contributed by atoms with Crippen LogP contribution in [0.1, 0.15) is 65.5 Å². The summed E-state index contributed by atoms with van der Waals surface area (Å²) < 4.78 is 36.1. The summed E-state index contributed by atoms with van der Waals surface area (Å²) in [6.45, 7) is 9.25. The number of carbonyl (C=O) groups excluding carboxylic acids is 3. The summed E-state index contributed by atoms with van der Waals surface area (Å²) in [4.78, 5) is 38.4. The third-order valence-corrected chi connectivity index (χ3v) is 11.2. The highest BCUT2D eigenvalue weighted by Gasteiger charge is 2.91. The molecule has 11 atom stereocenters. The van der Waals surface area contributed by atoms with Gasteiger partial charge in [-0.05, 0) is 38.7 Å². The van der Waals surface area contributed by atoms with Crippen LogP contribution in [-0.2, 0) is 38.1 Å². The number of hydrogen-bond acceptors (Lipinski definition) is 10. The van der Waals surface area contributed by atoms with Crippen molar-refractivity contribution in [1.29, 1.82) is 0 Å². The maximum Gasteiger partial charge on any atom is 0.339 e. The summed E-state index contributed by atoms with van der Waals surface area (Å²) in [5.41, 5.74) is -3.67. The molecule has 0 amide bonds. The SMILES string of the molecule is CC(=O)OC1C(O)[C@H]2C(C)(C)O[C@H]3CC(=O)OC[C@]32C2CC[C@@]3(C)[C@H](c4ccoc4)OC(=O)[C@H]4O[C@]43[C@]12C. The molecule has 4 aliphatic heterocycles. The van der Waals surface area contributed by atoms with Crippen LogP contribution in [-0.4, -0.2) is 65.2 Å². The van der Waals surface area contributed by atoms with Gasteiger partial charge in [0.15, 0.2) is 6.10 Å². The van der Waals surface area contributed by atoms with Gasteiger partial charge in [0.1, 0.15) is 24.4 Å². The van der Waals surface area contributed by atoms with Crippen molar-refractivity contribution in [2.45, 2.75) is 95.6 Å². The molecule has 10 heteroatoms. The summed E-state index contributed by atoms with van der Waals surface area (Å²) in [7, 11) is 0. The predicted molar refractivity (Wildman–Crippen MR) is 126 cm³/mol. The fourth-order valence-corrected chi connectivity index (χ4v) is 10.1. The molecule has 2 spiro atoms. The third-order valence-electron chi connectivity index (χ3n) is 11.2. The second-order valence-electron chi connectivity index (χ2n) is 13.1. The Kier molecular flexibility index (Phi) is 4.66. The predicted octanol–water partition coefficient (Wildman–Crippen LogP) is 2.47. The average Bonchev–Trinajstić information content (AvgIpc) is 3.30. The first-order valence-corrected chi connectivity index (χ1v) is 13.4. The largest absolute Gasteiger partial charge is 0.472 e. The molecule has 7 rings (SSSR count). The highest BCUT2D eigenvalue weighted by molar-refractivity contribution is 5.82. The fraction of sp³-hybridized carbons (Fsp3) is 0.750. The van der Waals surface area contributed by atoms with Crippen LogP contribution < -0.4 is 0 Å². The lowest BCUT2D eigenvalue weighted by Crippen LogP contribution is -2.77. The van der Waals surface area contributed by atoms with Gasteiger partial charge in [-0.1, -0.05) is 13.8 Å². The van der Waals surface area contributed by atoms with Crippen LogP contribution in [0.4, 0.5) is 0 Å². The molecule has 2 aliphatic carbocycles. The Hall–Kier alpha value is -2.43. The maximum atomic E-state index is 13.4. The van der Waals surface area contributed by atoms with Crippen LogP contribution in [0.25, 0.3) is 0 Å². The molecule has 6 aliphatic rings. The molecule has 206 valence electrons. The Balaban J connectivity index is 1.46. The van der Waals surface area contributed by atoms with E-state index in [1.165, 1.54) is 6.92 Å². The Morgan fingerprint density at radius 1 is 1.13 bits per heavy atom. The van der Waals surface area contributed by atoms with Crippen molar-refractivity contribution in [1.82, 2.24) is 0 Å². The number of aliphatic hydroxyl groups excluding tert-OH is 1. The quantitative estimate of drug-likeness (QED) is 0.345. The molecule has 2 saturated carbocycles. The molecule has 10 nitrogen and oxygen atoms in total. The highest BCUT2D eigenvalue weighted by Crippen LogP contribution is 2.80. The van der Waals surface area contributed by atoms with E-state index in [1.807, 2.05) is 27.7 Å². The van der Waals surface area contributed by atoms with Gasteiger partial charge in [-0.3, -0.25) is 9.59 Å². The van der Waals surface area contributed by atoms with E-state index in [9.17, 15) is 19.5 Å². The van der Waals surface area contributed by atoms with Crippen LogP contribution in [0, 0.1) is 28.1 Å². The topological polar surface area (TPSA) is 134 Å². The van der Waals surface area contributed by atoms with E-state index in [1.54, 1.807) is 18.6 Å². The highest BCUT2D eigenvalue weighted by atomic mass is 16.7. The Morgan fingerprint density at radius 3 is 2.58 bits per heavy atom. The number of ether oxygens (including phenoxy) is 5. The van der Waals surface area contributed by atoms with Crippen molar-refractivity contribution in [2.24, 2.45) is 28.1 Å². The van der Waals surface area contributed by atoms with Gasteiger partial charge in [-0.25, -0.2) is 4.79 Å². The molecule has 1 aromatic heterocycles. The number of cyclic esters (lactones) is 2. The Bertz CT molecular complexity index is 1220. The van der Waals surface area contributed by atoms with Gasteiger partial charge in [-0.2, -0.15) is 0 Å². The van der Waals surface area contributed by atoms with E-state index in [2.05, 4.69) is 0 Å². The molecule has 3 unspecified atom stereocenters. The summed E-state index contributed by atoms with van der Waals surface area (Å²) in [6.07, 6.45) is 0.326. The zero-order valence-corrected chi connectivity index (χ0v) is 22.2. The lowest BCUT2D eigenvalue weighted by atomic mass is 9.36. The fourth-order valence-electron chi connectivity index (χ4n) is 10.1. The minimum absolute atomic E-state index is 0.0751. The Morgan fingerprint density at radius 2 is 1.89 bits per heavy atom. The summed E-state index contributed by atoms with van der Waals surface area (Å²) in [5, 5.41) is 12.2. The Labute approximate surface area is 220 Å². The second-order valence-corrected chi connectivity index (χ2v) is 13.1. The lowest BCUT2D eigenvalue weighted by molar-refractivity contribution is -0.291. The number of epoxide rings is 1. The summed E-state index contributed by atoms with van der Waals surface area (Å²) in [6, 6.07) is 1.78. The number of fused-ring (bicyclic) bond motifs is 1. The molecular formula is C28H34O10. The molecule has 5 heterocycles. The second kappa shape index (κ2) is 7.20. The molecule has 4 saturated heterocycles. The van der Waals surface area contributed by atoms with Crippen molar-refractivity contribution in [2.75, 3.05) is 6.61 Å². The number of rotatable bonds is 2. The van der Waals surface area contributed by atoms with E-state index in [0.29, 0.717) is 12.8 Å². The number of esters is 3. The third kappa shape index (κ3) is 2.53. The van der Waals surface area contributed by atoms with Crippen LogP contribution in [0.3, 0.4) is 0 Å². The number of furan rings is 1. The first-order valence-electron chi connectivity index (χ1n) is 13.4. The normalized spacial score (nSPS) is 51.8. The van der Waals surface area contributed by atoms with Crippen LogP contribution in [0.5, 0.6) is 0 Å². The smallest absolute Gasteiger partial charge is 0.339 e. The number of aliphatic hydroxyl groups is 1. The summed E-state index contributed by atoms with van der Waals surface area (Å²) >= 11 is 0. The maximum absolute atomic E-state index is 13.4. The average molecular weight is 531 g/mol. The molecule has 1 N–H and O–H groups in total. The monoisotopic (exact) mass is 530 g/mol. The lowest BCUT2D eigenvalue weighted by Gasteiger charge is -2.68. The van der Waals surface area contributed by atoms with Crippen molar-refractivity contribution >= 4 is 17.9 Å². The first kappa shape index (κ1) is 24.6. The van der Waals surface area contributed by atoms with E-state index >= 15 is 0 Å². The molecule has 38 heavy (non-hydrogen) atoms. The van der Waals surface area contributed by atoms with Crippen molar-refractivity contribution in [3.05, 3.63) is 24.2 Å². The van der Waals surface area contributed by atoms with Gasteiger partial charge in [0.25, 0.3) is 0 Å². The number of hydrogen-bond donors (Lipinski definition) is 1. The van der Waals surface area contributed by atoms with E-state index in [0.717, 1.165) is 5.56 Å². The van der Waals surface area contributed by atoms with E-state index in [4.69, 9.17) is 28.1 Å². The zero-order valence-electron chi connectivity index (χ0n) is 22.2. The van der Waals surface area contributed by atoms with Gasteiger partial charge in [-0.15, -0.1) is 0 Å². The van der Waals surface area contributed by atoms with Crippen LogP contribution in [0.15, 0.2) is 23.0 Å². The van der Waals surface area contributed by atoms with Gasteiger partial charge in [0.2, 0.25) is 0 Å². The van der Waals surface area contributed by atoms with Gasteiger partial charge >= 0.3 is 17.9 Å². The van der Waals surface area contributed by atoms with Gasteiger partial charge < -0.3 is 33.2 Å². The minimum Gasteiger partial charge on any atom is -0.472 e. The molecule has 0 bridgehead atoms. The zero-order chi connectivity index (χ0) is 27.0. The first-order chi connectivity index (χ1) is 17.8. The summed E-state index contributed by atoms with van der Waals surface area (Å²) in [5.74, 6) is -2.08. The van der Waals surface area contributed by atoms with Crippen LogP contribution >= 0.6 is 0 Å². The molecular weight excluding hydrogens is 496 g/mol. The van der Waals surface area contributed by atoms with E-state index < -0.39 is 75.8 Å². The molecule has 6 fully saturated rings. The van der Waals surface area contributed by atoms with Crippen LogP contribution in [0.2, 0.25) is 0 Å². The van der Waals surface area contributed by atoms with E-state index in [-0.39, 0.29) is 24.9 Å². The standard InChI is InChI=1S/C28H34O10/c1-13(29)35-21-18(31)19-24(2,3)37-16-10-17(30)34-12-27(16,19)15-6-8-25(4)20(14-7-9-33-11-14)36-23(32)22-28(25,38-22)26(15,21)5/h7,9,11,15-16,18-22,31H,6,8,10,12H2,1-5H3/t15?,16-,18?,19-,20-,21?,22+,25-,26-,27-,28+/m0/s1. The molecule has 0 aromatic carbocycles. The number of carbonyl (C=O) groups is 3. The molecule has 1 aromatic rings. The van der Waals surface area contributed by atoms with Crippen molar-refractivity contribution < 1.29 is 47.6 Å². The molecule has 0 radical (unpaired) electrons. The van der Waals surface area contributed by atoms with Gasteiger partial charge in [0, 0.05) is 34.7 Å². The minimum atomic E-state index is -1.15. The van der Waals surface area contributed by atoms with Crippen molar-refractivity contribution in [3.8, 4) is 0 Å². The van der Waals surface area contributed by atoms with Gasteiger partial charge in [0.05, 0.1) is 36.8 Å². The van der Waals surface area contributed by atoms with Crippen molar-refractivity contribution in [3.63, 3.8) is 0 Å².